The van der Waals surface area contributed by atoms with Gasteiger partial charge in [0.25, 0.3) is 0 Å². The van der Waals surface area contributed by atoms with E-state index >= 15 is 0 Å². The standard InChI is InChI=1S/C30H48O/c1-19(2)20-11-14-27(5)17-18-29(7)21(25(20)27)9-10-23-28(6)15-13-24(31)26(3,4)22(28)12-16-30(23,29)8/h10,20-22,24-25,31H,1,9,11-18H2,2-8H3/t20-,21+,22-,24-,25+,27+,28-,29+,30+/m0/s1. The number of hydrogen-bond acceptors (Lipinski definition) is 1. The molecule has 0 spiro atoms. The highest BCUT2D eigenvalue weighted by Crippen LogP contribution is 2.76. The molecular weight excluding hydrogens is 376 g/mol. The van der Waals surface area contributed by atoms with Crippen molar-refractivity contribution in [2.75, 3.05) is 0 Å². The lowest BCUT2D eigenvalue weighted by Gasteiger charge is -2.69. The van der Waals surface area contributed by atoms with Crippen LogP contribution in [0.3, 0.4) is 0 Å². The first kappa shape index (κ1) is 22.2. The normalized spacial score (nSPS) is 55.4. The predicted octanol–water partition coefficient (Wildman–Crippen LogP) is 7.94. The van der Waals surface area contributed by atoms with Gasteiger partial charge in [-0.15, -0.1) is 0 Å². The van der Waals surface area contributed by atoms with E-state index in [4.69, 9.17) is 0 Å². The molecule has 1 nitrogen and oxygen atoms in total. The summed E-state index contributed by atoms with van der Waals surface area (Å²) < 4.78 is 0. The van der Waals surface area contributed by atoms with Crippen molar-refractivity contribution in [2.45, 2.75) is 112 Å². The molecule has 0 aromatic carbocycles. The minimum absolute atomic E-state index is 0.0224. The molecule has 1 N–H and O–H groups in total. The largest absolute Gasteiger partial charge is 0.393 e. The summed E-state index contributed by atoms with van der Waals surface area (Å²) in [5, 5.41) is 10.9. The van der Waals surface area contributed by atoms with Crippen LogP contribution in [-0.4, -0.2) is 11.2 Å². The molecule has 0 saturated heterocycles. The Kier molecular flexibility index (Phi) is 4.68. The zero-order chi connectivity index (χ0) is 22.6. The number of allylic oxidation sites excluding steroid dienone is 3. The van der Waals surface area contributed by atoms with Gasteiger partial charge in [-0.25, -0.2) is 0 Å². The predicted molar refractivity (Wildman–Crippen MR) is 131 cm³/mol. The lowest BCUT2D eigenvalue weighted by molar-refractivity contribution is -0.156. The van der Waals surface area contributed by atoms with Crippen LogP contribution in [0, 0.1) is 50.7 Å². The summed E-state index contributed by atoms with van der Waals surface area (Å²) in [5.74, 6) is 2.94. The summed E-state index contributed by atoms with van der Waals surface area (Å²) in [7, 11) is 0. The van der Waals surface area contributed by atoms with Crippen molar-refractivity contribution in [1.29, 1.82) is 0 Å². The Morgan fingerprint density at radius 2 is 1.65 bits per heavy atom. The Morgan fingerprint density at radius 1 is 0.935 bits per heavy atom. The summed E-state index contributed by atoms with van der Waals surface area (Å²) in [4.78, 5) is 0. The SMILES string of the molecule is C=C(C)[C@@H]1CC[C@]2(C)CC[C@]3(C)[C@H](CC=C4[C@@]5(C)CC[C@H](O)C(C)(C)[C@@H]5CC[C@]43C)[C@@H]12. The van der Waals surface area contributed by atoms with Gasteiger partial charge in [0.2, 0.25) is 0 Å². The van der Waals surface area contributed by atoms with Crippen LogP contribution < -0.4 is 0 Å². The van der Waals surface area contributed by atoms with E-state index in [1.54, 1.807) is 5.57 Å². The minimum Gasteiger partial charge on any atom is -0.393 e. The molecule has 5 aliphatic rings. The van der Waals surface area contributed by atoms with Gasteiger partial charge in [0.1, 0.15) is 0 Å². The fourth-order valence-electron chi connectivity index (χ4n) is 10.7. The average molecular weight is 425 g/mol. The van der Waals surface area contributed by atoms with E-state index in [0.717, 1.165) is 24.2 Å². The molecule has 0 heterocycles. The van der Waals surface area contributed by atoms with E-state index in [2.05, 4.69) is 61.1 Å². The first-order chi connectivity index (χ1) is 14.3. The second-order valence-corrected chi connectivity index (χ2v) is 14.3. The van der Waals surface area contributed by atoms with Gasteiger partial charge in [-0.1, -0.05) is 65.3 Å². The van der Waals surface area contributed by atoms with Gasteiger partial charge in [-0.3, -0.25) is 0 Å². The van der Waals surface area contributed by atoms with Crippen LogP contribution in [0.1, 0.15) is 106 Å². The fourth-order valence-corrected chi connectivity index (χ4v) is 10.7. The highest BCUT2D eigenvalue weighted by Gasteiger charge is 2.68. The monoisotopic (exact) mass is 424 g/mol. The quantitative estimate of drug-likeness (QED) is 0.423. The van der Waals surface area contributed by atoms with E-state index in [1.807, 2.05) is 0 Å². The van der Waals surface area contributed by atoms with Crippen molar-refractivity contribution in [1.82, 2.24) is 0 Å². The number of hydrogen-bond donors (Lipinski definition) is 1. The molecule has 31 heavy (non-hydrogen) atoms. The Balaban J connectivity index is 1.60. The molecule has 174 valence electrons. The van der Waals surface area contributed by atoms with Gasteiger partial charge in [-0.2, -0.15) is 0 Å². The summed E-state index contributed by atoms with van der Waals surface area (Å²) in [6.07, 6.45) is 14.2. The molecule has 0 aliphatic heterocycles. The highest BCUT2D eigenvalue weighted by atomic mass is 16.3. The lowest BCUT2D eigenvalue weighted by atomic mass is 9.35. The number of aliphatic hydroxyl groups excluding tert-OH is 1. The Hall–Kier alpha value is -0.560. The molecule has 0 aromatic rings. The van der Waals surface area contributed by atoms with E-state index < -0.39 is 0 Å². The van der Waals surface area contributed by atoms with Crippen LogP contribution in [0.15, 0.2) is 23.8 Å². The van der Waals surface area contributed by atoms with Crippen molar-refractivity contribution < 1.29 is 5.11 Å². The van der Waals surface area contributed by atoms with Gasteiger partial charge in [0.15, 0.2) is 0 Å². The molecule has 0 unspecified atom stereocenters. The van der Waals surface area contributed by atoms with Crippen LogP contribution in [-0.2, 0) is 0 Å². The van der Waals surface area contributed by atoms with Crippen molar-refractivity contribution in [2.24, 2.45) is 50.7 Å². The zero-order valence-corrected chi connectivity index (χ0v) is 21.5. The van der Waals surface area contributed by atoms with Crippen LogP contribution in [0.25, 0.3) is 0 Å². The molecule has 1 heteroatoms. The highest BCUT2D eigenvalue weighted by molar-refractivity contribution is 5.36. The Bertz CT molecular complexity index is 820. The smallest absolute Gasteiger partial charge is 0.0594 e. The third-order valence-electron chi connectivity index (χ3n) is 12.8. The Labute approximate surface area is 192 Å². The van der Waals surface area contributed by atoms with Gasteiger partial charge < -0.3 is 5.11 Å². The molecule has 4 fully saturated rings. The first-order valence-corrected chi connectivity index (χ1v) is 13.4. The number of aliphatic hydroxyl groups is 1. The topological polar surface area (TPSA) is 20.2 Å². The average Bonchev–Trinajstić information content (AvgIpc) is 3.04. The summed E-state index contributed by atoms with van der Waals surface area (Å²) >= 11 is 0. The van der Waals surface area contributed by atoms with Gasteiger partial charge >= 0.3 is 0 Å². The molecule has 0 radical (unpaired) electrons. The summed E-state index contributed by atoms with van der Waals surface area (Å²) in [6.45, 7) is 22.0. The maximum Gasteiger partial charge on any atom is 0.0594 e. The maximum atomic E-state index is 10.9. The van der Waals surface area contributed by atoms with E-state index in [1.165, 1.54) is 56.9 Å². The summed E-state index contributed by atoms with van der Waals surface area (Å²) in [6, 6.07) is 0. The number of rotatable bonds is 1. The third-order valence-corrected chi connectivity index (χ3v) is 12.8. The van der Waals surface area contributed by atoms with E-state index in [0.29, 0.717) is 22.2 Å². The molecule has 9 atom stereocenters. The van der Waals surface area contributed by atoms with Gasteiger partial charge in [0.05, 0.1) is 6.10 Å². The fraction of sp³-hybridized carbons (Fsp3) is 0.867. The summed E-state index contributed by atoms with van der Waals surface area (Å²) in [5.41, 5.74) is 4.74. The van der Waals surface area contributed by atoms with E-state index in [9.17, 15) is 5.11 Å². The van der Waals surface area contributed by atoms with Crippen LogP contribution in [0.2, 0.25) is 0 Å². The second kappa shape index (κ2) is 6.52. The Morgan fingerprint density at radius 3 is 2.32 bits per heavy atom. The van der Waals surface area contributed by atoms with E-state index in [-0.39, 0.29) is 16.9 Å². The minimum atomic E-state index is -0.146. The van der Waals surface area contributed by atoms with Gasteiger partial charge in [0, 0.05) is 0 Å². The molecule has 5 rings (SSSR count). The molecule has 0 bridgehead atoms. The van der Waals surface area contributed by atoms with Crippen molar-refractivity contribution in [3.05, 3.63) is 23.8 Å². The molecule has 5 aliphatic carbocycles. The van der Waals surface area contributed by atoms with Crippen molar-refractivity contribution >= 4 is 0 Å². The molecular formula is C30H48O. The zero-order valence-electron chi connectivity index (χ0n) is 21.5. The third kappa shape index (κ3) is 2.59. The maximum absolute atomic E-state index is 10.9. The number of fused-ring (bicyclic) bond motifs is 7. The van der Waals surface area contributed by atoms with Crippen LogP contribution >= 0.6 is 0 Å². The molecule has 4 saturated carbocycles. The lowest BCUT2D eigenvalue weighted by Crippen LogP contribution is -2.62. The van der Waals surface area contributed by atoms with Crippen LogP contribution in [0.5, 0.6) is 0 Å². The van der Waals surface area contributed by atoms with Crippen molar-refractivity contribution in [3.63, 3.8) is 0 Å². The van der Waals surface area contributed by atoms with Crippen LogP contribution in [0.4, 0.5) is 0 Å². The van der Waals surface area contributed by atoms with Crippen molar-refractivity contribution in [3.8, 4) is 0 Å². The molecule has 0 aromatic heterocycles. The second-order valence-electron chi connectivity index (χ2n) is 14.3. The van der Waals surface area contributed by atoms with Gasteiger partial charge in [-0.05, 0) is 115 Å². The first-order valence-electron chi connectivity index (χ1n) is 13.4. The molecule has 0 amide bonds.